The highest BCUT2D eigenvalue weighted by atomic mass is 16.2. The van der Waals surface area contributed by atoms with Crippen molar-refractivity contribution in [2.75, 3.05) is 24.5 Å². The number of aromatic nitrogens is 5. The Bertz CT molecular complexity index is 957. The van der Waals surface area contributed by atoms with Crippen LogP contribution in [0, 0.1) is 0 Å². The van der Waals surface area contributed by atoms with Crippen molar-refractivity contribution in [3.05, 3.63) is 30.6 Å². The summed E-state index contributed by atoms with van der Waals surface area (Å²) in [6.45, 7) is 4.20. The number of aliphatic imine (C=N–C) groups is 2. The van der Waals surface area contributed by atoms with Crippen LogP contribution in [0.2, 0.25) is 0 Å². The molecule has 2 aliphatic heterocycles. The molecule has 2 aromatic rings. The minimum atomic E-state index is -0.226. The van der Waals surface area contributed by atoms with Crippen molar-refractivity contribution in [2.24, 2.45) is 9.98 Å². The molecule has 31 heavy (non-hydrogen) atoms. The summed E-state index contributed by atoms with van der Waals surface area (Å²) in [6.07, 6.45) is 13.2. The van der Waals surface area contributed by atoms with Crippen molar-refractivity contribution in [2.45, 2.75) is 57.3 Å². The molecule has 4 heterocycles. The topological polar surface area (TPSA) is 105 Å². The van der Waals surface area contributed by atoms with E-state index in [1.165, 1.54) is 6.33 Å². The molecule has 0 bridgehead atoms. The van der Waals surface area contributed by atoms with Crippen LogP contribution in [0.15, 0.2) is 35.0 Å². The molecule has 1 unspecified atom stereocenters. The van der Waals surface area contributed by atoms with E-state index in [0.717, 1.165) is 56.7 Å². The van der Waals surface area contributed by atoms with Gasteiger partial charge in [0, 0.05) is 37.6 Å². The van der Waals surface area contributed by atoms with Crippen LogP contribution >= 0.6 is 0 Å². The zero-order valence-electron chi connectivity index (χ0n) is 17.7. The molecule has 0 radical (unpaired) electrons. The van der Waals surface area contributed by atoms with Crippen molar-refractivity contribution in [1.82, 2.24) is 29.6 Å². The number of amides is 1. The van der Waals surface area contributed by atoms with Crippen LogP contribution in [0.4, 0.5) is 5.95 Å². The minimum absolute atomic E-state index is 0.00490. The molecule has 1 amide bonds. The SMILES string of the molecule is CCc1cnc(N2CCC(N(C(=O)C3=NCC(n4cncn4)N=C3)C3CC3)CC2)nc1. The average molecular weight is 422 g/mol. The molecule has 3 aliphatic rings. The fourth-order valence-corrected chi connectivity index (χ4v) is 4.22. The van der Waals surface area contributed by atoms with Crippen molar-refractivity contribution in [3.63, 3.8) is 0 Å². The third-order valence-corrected chi connectivity index (χ3v) is 6.17. The molecule has 2 fully saturated rings. The normalized spacial score (nSPS) is 21.8. The predicted molar refractivity (Wildman–Crippen MR) is 116 cm³/mol. The third-order valence-electron chi connectivity index (χ3n) is 6.17. The number of rotatable bonds is 6. The maximum atomic E-state index is 13.3. The van der Waals surface area contributed by atoms with Crippen LogP contribution in [0.25, 0.3) is 0 Å². The van der Waals surface area contributed by atoms with Gasteiger partial charge in [0.2, 0.25) is 5.95 Å². The lowest BCUT2D eigenvalue weighted by molar-refractivity contribution is -0.127. The summed E-state index contributed by atoms with van der Waals surface area (Å²) in [5, 5.41) is 4.11. The smallest absolute Gasteiger partial charge is 0.274 e. The van der Waals surface area contributed by atoms with Gasteiger partial charge < -0.3 is 9.80 Å². The molecule has 0 spiro atoms. The average Bonchev–Trinajstić information content (AvgIpc) is 3.51. The number of hydrogen-bond acceptors (Lipinski definition) is 8. The molecule has 10 heteroatoms. The van der Waals surface area contributed by atoms with Gasteiger partial charge in [-0.1, -0.05) is 6.92 Å². The second-order valence-electron chi connectivity index (χ2n) is 8.27. The van der Waals surface area contributed by atoms with Gasteiger partial charge in [-0.25, -0.2) is 19.6 Å². The quantitative estimate of drug-likeness (QED) is 0.697. The molecule has 2 aromatic heterocycles. The molecule has 162 valence electrons. The van der Waals surface area contributed by atoms with Gasteiger partial charge in [-0.15, -0.1) is 0 Å². The largest absolute Gasteiger partial charge is 0.341 e. The Morgan fingerprint density at radius 3 is 2.45 bits per heavy atom. The standard InChI is InChI=1S/C21H27N9O/c1-2-15-9-25-21(26-10-15)28-7-5-17(6-8-28)30(16-3-4-16)20(31)18-11-24-19(12-23-18)29-14-22-13-27-29/h9-11,13-14,16-17,19H,2-8,12H2,1H3. The second-order valence-corrected chi connectivity index (χ2v) is 8.27. The lowest BCUT2D eigenvalue weighted by Gasteiger charge is -2.39. The van der Waals surface area contributed by atoms with E-state index >= 15 is 0 Å². The Morgan fingerprint density at radius 1 is 1.13 bits per heavy atom. The Hall–Kier alpha value is -3.17. The van der Waals surface area contributed by atoms with Crippen LogP contribution in [0.1, 0.15) is 44.3 Å². The van der Waals surface area contributed by atoms with E-state index in [1.54, 1.807) is 17.2 Å². The number of piperidine rings is 1. The van der Waals surface area contributed by atoms with Crippen molar-refractivity contribution < 1.29 is 4.79 Å². The Balaban J connectivity index is 1.22. The van der Waals surface area contributed by atoms with E-state index in [4.69, 9.17) is 0 Å². The first-order chi connectivity index (χ1) is 15.2. The van der Waals surface area contributed by atoms with Gasteiger partial charge in [-0.2, -0.15) is 5.10 Å². The minimum Gasteiger partial charge on any atom is -0.341 e. The maximum absolute atomic E-state index is 13.3. The summed E-state index contributed by atoms with van der Waals surface area (Å²) in [6, 6.07) is 0.545. The summed E-state index contributed by atoms with van der Waals surface area (Å²) in [7, 11) is 0. The first-order valence-corrected chi connectivity index (χ1v) is 11.0. The van der Waals surface area contributed by atoms with Crippen LogP contribution in [0.5, 0.6) is 0 Å². The lowest BCUT2D eigenvalue weighted by Crippen LogP contribution is -2.51. The van der Waals surface area contributed by atoms with E-state index < -0.39 is 0 Å². The molecular formula is C21H27N9O. The fraction of sp³-hybridized carbons (Fsp3) is 0.571. The number of carbonyl (C=O) groups is 1. The predicted octanol–water partition coefficient (Wildman–Crippen LogP) is 1.31. The maximum Gasteiger partial charge on any atom is 0.274 e. The molecule has 1 atom stereocenters. The molecule has 1 saturated heterocycles. The van der Waals surface area contributed by atoms with Gasteiger partial charge >= 0.3 is 0 Å². The zero-order valence-corrected chi connectivity index (χ0v) is 17.7. The first kappa shape index (κ1) is 19.8. The number of carbonyl (C=O) groups excluding carboxylic acids is 1. The molecule has 5 rings (SSSR count). The molecular weight excluding hydrogens is 394 g/mol. The fourth-order valence-electron chi connectivity index (χ4n) is 4.22. The molecule has 1 aliphatic carbocycles. The van der Waals surface area contributed by atoms with E-state index in [1.807, 2.05) is 12.4 Å². The molecule has 0 aromatic carbocycles. The highest BCUT2D eigenvalue weighted by molar-refractivity contribution is 6.60. The van der Waals surface area contributed by atoms with Gasteiger partial charge in [0.25, 0.3) is 5.91 Å². The van der Waals surface area contributed by atoms with Crippen molar-refractivity contribution in [1.29, 1.82) is 0 Å². The zero-order chi connectivity index (χ0) is 21.2. The second kappa shape index (κ2) is 8.52. The van der Waals surface area contributed by atoms with Gasteiger partial charge in [-0.3, -0.25) is 14.8 Å². The lowest BCUT2D eigenvalue weighted by atomic mass is 10.0. The van der Waals surface area contributed by atoms with Gasteiger partial charge in [0.1, 0.15) is 18.4 Å². The van der Waals surface area contributed by atoms with Crippen LogP contribution < -0.4 is 4.90 Å². The monoisotopic (exact) mass is 421 g/mol. The highest BCUT2D eigenvalue weighted by Gasteiger charge is 2.40. The van der Waals surface area contributed by atoms with Crippen LogP contribution in [-0.4, -0.2) is 79.2 Å². The van der Waals surface area contributed by atoms with Crippen molar-refractivity contribution >= 4 is 23.8 Å². The number of hydrogen-bond donors (Lipinski definition) is 0. The highest BCUT2D eigenvalue weighted by Crippen LogP contribution is 2.33. The van der Waals surface area contributed by atoms with Crippen molar-refractivity contribution in [3.8, 4) is 0 Å². The molecule has 0 N–H and O–H groups in total. The Kier molecular flexibility index (Phi) is 5.44. The Morgan fingerprint density at radius 2 is 1.87 bits per heavy atom. The number of aryl methyl sites for hydroxylation is 1. The summed E-state index contributed by atoms with van der Waals surface area (Å²) >= 11 is 0. The third kappa shape index (κ3) is 4.19. The van der Waals surface area contributed by atoms with E-state index in [0.29, 0.717) is 18.3 Å². The number of anilines is 1. The van der Waals surface area contributed by atoms with Crippen LogP contribution in [-0.2, 0) is 11.2 Å². The van der Waals surface area contributed by atoms with Gasteiger partial charge in [-0.05, 0) is 37.7 Å². The van der Waals surface area contributed by atoms with Gasteiger partial charge in [0.15, 0.2) is 6.17 Å². The van der Waals surface area contributed by atoms with Crippen LogP contribution in [0.3, 0.4) is 0 Å². The van der Waals surface area contributed by atoms with E-state index in [-0.39, 0.29) is 18.1 Å². The molecule has 10 nitrogen and oxygen atoms in total. The summed E-state index contributed by atoms with van der Waals surface area (Å²) in [4.78, 5) is 39.6. The Labute approximate surface area is 181 Å². The van der Waals surface area contributed by atoms with Gasteiger partial charge in [0.05, 0.1) is 12.8 Å². The first-order valence-electron chi connectivity index (χ1n) is 11.0. The molecule has 1 saturated carbocycles. The summed E-state index contributed by atoms with van der Waals surface area (Å²) in [5.41, 5.74) is 1.59. The number of nitrogens with zero attached hydrogens (tertiary/aromatic N) is 9. The van der Waals surface area contributed by atoms with E-state index in [2.05, 4.69) is 46.8 Å². The summed E-state index contributed by atoms with van der Waals surface area (Å²) in [5.74, 6) is 0.785. The summed E-state index contributed by atoms with van der Waals surface area (Å²) < 4.78 is 1.66. The van der Waals surface area contributed by atoms with E-state index in [9.17, 15) is 4.79 Å².